The minimum absolute atomic E-state index is 0.222. The monoisotopic (exact) mass is 167 g/mol. The topological polar surface area (TPSA) is 59.2 Å². The van der Waals surface area contributed by atoms with Crippen LogP contribution in [-0.2, 0) is 4.74 Å². The summed E-state index contributed by atoms with van der Waals surface area (Å²) in [5.41, 5.74) is 0.687. The summed E-state index contributed by atoms with van der Waals surface area (Å²) < 4.78 is 4.50. The molecule has 0 radical (unpaired) electrons. The van der Waals surface area contributed by atoms with Crippen LogP contribution < -0.4 is 5.56 Å². The highest BCUT2D eigenvalue weighted by Crippen LogP contribution is 2.02. The lowest BCUT2D eigenvalue weighted by Crippen LogP contribution is -2.12. The highest BCUT2D eigenvalue weighted by Gasteiger charge is 2.07. The van der Waals surface area contributed by atoms with E-state index < -0.39 is 5.97 Å². The van der Waals surface area contributed by atoms with Crippen molar-refractivity contribution in [2.45, 2.75) is 6.92 Å². The van der Waals surface area contributed by atoms with Gasteiger partial charge in [-0.25, -0.2) is 4.79 Å². The number of aryl methyl sites for hydroxylation is 1. The lowest BCUT2D eigenvalue weighted by Gasteiger charge is -2.01. The molecule has 0 fully saturated rings. The summed E-state index contributed by atoms with van der Waals surface area (Å²) in [6, 6.07) is 2.74. The van der Waals surface area contributed by atoms with Crippen LogP contribution in [0.3, 0.4) is 0 Å². The van der Waals surface area contributed by atoms with Crippen LogP contribution in [0.25, 0.3) is 0 Å². The van der Waals surface area contributed by atoms with E-state index in [2.05, 4.69) is 9.72 Å². The van der Waals surface area contributed by atoms with Gasteiger partial charge in [-0.1, -0.05) is 0 Å². The predicted octanol–water partition coefficient (Wildman–Crippen LogP) is 0.470. The van der Waals surface area contributed by atoms with Gasteiger partial charge in [0.1, 0.15) is 0 Å². The molecule has 4 heteroatoms. The molecular formula is C8H9NO3. The Labute approximate surface area is 69.2 Å². The van der Waals surface area contributed by atoms with E-state index in [-0.39, 0.29) is 5.56 Å². The van der Waals surface area contributed by atoms with E-state index in [0.29, 0.717) is 11.3 Å². The van der Waals surface area contributed by atoms with Crippen molar-refractivity contribution in [3.63, 3.8) is 0 Å². The van der Waals surface area contributed by atoms with Crippen molar-refractivity contribution < 1.29 is 9.53 Å². The summed E-state index contributed by atoms with van der Waals surface area (Å²) in [7, 11) is 1.30. The Morgan fingerprint density at radius 3 is 2.67 bits per heavy atom. The number of aromatic amines is 1. The molecule has 0 unspecified atom stereocenters. The minimum atomic E-state index is -0.441. The van der Waals surface area contributed by atoms with Crippen LogP contribution in [0.4, 0.5) is 0 Å². The standard InChI is InChI=1S/C8H9NO3/c1-5-6(8(11)12-2)3-4-7(10)9-5/h3-4H,1-2H3,(H,9,10). The molecule has 12 heavy (non-hydrogen) atoms. The molecule has 0 saturated heterocycles. The second-order valence-corrected chi connectivity index (χ2v) is 2.35. The zero-order valence-corrected chi connectivity index (χ0v) is 6.88. The van der Waals surface area contributed by atoms with Crippen LogP contribution >= 0.6 is 0 Å². The van der Waals surface area contributed by atoms with Gasteiger partial charge in [-0.2, -0.15) is 0 Å². The summed E-state index contributed by atoms with van der Waals surface area (Å²) in [6.07, 6.45) is 0. The molecule has 1 heterocycles. The number of H-pyrrole nitrogens is 1. The fourth-order valence-electron chi connectivity index (χ4n) is 0.909. The Bertz CT molecular complexity index is 354. The van der Waals surface area contributed by atoms with Gasteiger partial charge in [0.05, 0.1) is 12.7 Å². The summed E-state index contributed by atoms with van der Waals surface area (Å²) in [5.74, 6) is -0.441. The molecule has 0 saturated carbocycles. The molecule has 0 aromatic carbocycles. The maximum absolute atomic E-state index is 11.0. The second kappa shape index (κ2) is 3.21. The number of aromatic nitrogens is 1. The van der Waals surface area contributed by atoms with Crippen molar-refractivity contribution in [1.29, 1.82) is 0 Å². The predicted molar refractivity (Wildman–Crippen MR) is 43.1 cm³/mol. The average molecular weight is 167 g/mol. The third kappa shape index (κ3) is 1.53. The Morgan fingerprint density at radius 1 is 1.50 bits per heavy atom. The number of rotatable bonds is 1. The van der Waals surface area contributed by atoms with Crippen molar-refractivity contribution in [2.75, 3.05) is 7.11 Å². The van der Waals surface area contributed by atoms with Gasteiger partial charge in [-0.3, -0.25) is 4.79 Å². The first-order chi connectivity index (χ1) is 5.65. The Balaban J connectivity index is 3.18. The molecule has 4 nitrogen and oxygen atoms in total. The largest absolute Gasteiger partial charge is 0.465 e. The van der Waals surface area contributed by atoms with Gasteiger partial charge < -0.3 is 9.72 Å². The molecule has 0 aliphatic carbocycles. The normalized spacial score (nSPS) is 9.50. The van der Waals surface area contributed by atoms with E-state index in [9.17, 15) is 9.59 Å². The average Bonchev–Trinajstić information content (AvgIpc) is 2.03. The van der Waals surface area contributed by atoms with Crippen molar-refractivity contribution >= 4 is 5.97 Å². The highest BCUT2D eigenvalue weighted by molar-refractivity contribution is 5.90. The van der Waals surface area contributed by atoms with Gasteiger partial charge in [0.25, 0.3) is 0 Å². The van der Waals surface area contributed by atoms with E-state index in [1.165, 1.54) is 19.2 Å². The number of esters is 1. The fourth-order valence-corrected chi connectivity index (χ4v) is 0.909. The molecule has 0 amide bonds. The van der Waals surface area contributed by atoms with Crippen molar-refractivity contribution in [3.8, 4) is 0 Å². The minimum Gasteiger partial charge on any atom is -0.465 e. The van der Waals surface area contributed by atoms with Crippen LogP contribution in [-0.4, -0.2) is 18.1 Å². The highest BCUT2D eigenvalue weighted by atomic mass is 16.5. The van der Waals surface area contributed by atoms with E-state index in [1.807, 2.05) is 0 Å². The molecule has 64 valence electrons. The number of carbonyl (C=O) groups excluding carboxylic acids is 1. The molecule has 0 atom stereocenters. The van der Waals surface area contributed by atoms with Crippen LogP contribution in [0.5, 0.6) is 0 Å². The molecule has 0 aliphatic rings. The lowest BCUT2D eigenvalue weighted by atomic mass is 10.2. The number of nitrogens with one attached hydrogen (secondary N) is 1. The number of carbonyl (C=O) groups is 1. The summed E-state index contributed by atoms with van der Waals surface area (Å²) in [6.45, 7) is 1.65. The molecule has 1 rings (SSSR count). The summed E-state index contributed by atoms with van der Waals surface area (Å²) in [5, 5.41) is 0. The Kier molecular flexibility index (Phi) is 2.28. The first kappa shape index (κ1) is 8.52. The molecule has 1 aromatic heterocycles. The number of methoxy groups -OCH3 is 1. The molecule has 0 aliphatic heterocycles. The van der Waals surface area contributed by atoms with E-state index >= 15 is 0 Å². The second-order valence-electron chi connectivity index (χ2n) is 2.35. The first-order valence-corrected chi connectivity index (χ1v) is 3.43. The number of hydrogen-bond acceptors (Lipinski definition) is 3. The fraction of sp³-hybridized carbons (Fsp3) is 0.250. The quantitative estimate of drug-likeness (QED) is 0.618. The molecule has 1 aromatic rings. The SMILES string of the molecule is COC(=O)c1ccc(=O)[nH]c1C. The maximum atomic E-state index is 11.0. The van der Waals surface area contributed by atoms with Gasteiger partial charge in [0.2, 0.25) is 5.56 Å². The van der Waals surface area contributed by atoms with E-state index in [1.54, 1.807) is 6.92 Å². The zero-order chi connectivity index (χ0) is 9.14. The summed E-state index contributed by atoms with van der Waals surface area (Å²) in [4.78, 5) is 24.2. The van der Waals surface area contributed by atoms with E-state index in [0.717, 1.165) is 0 Å². The number of hydrogen-bond donors (Lipinski definition) is 1. The van der Waals surface area contributed by atoms with Crippen molar-refractivity contribution in [1.82, 2.24) is 4.98 Å². The van der Waals surface area contributed by atoms with Crippen LogP contribution in [0.15, 0.2) is 16.9 Å². The lowest BCUT2D eigenvalue weighted by molar-refractivity contribution is 0.0599. The zero-order valence-electron chi connectivity index (χ0n) is 6.88. The van der Waals surface area contributed by atoms with Gasteiger partial charge in [0, 0.05) is 11.8 Å². The third-order valence-corrected chi connectivity index (χ3v) is 1.52. The molecule has 1 N–H and O–H groups in total. The van der Waals surface area contributed by atoms with Gasteiger partial charge in [0.15, 0.2) is 0 Å². The smallest absolute Gasteiger partial charge is 0.339 e. The number of pyridine rings is 1. The van der Waals surface area contributed by atoms with Crippen LogP contribution in [0.2, 0.25) is 0 Å². The van der Waals surface area contributed by atoms with Gasteiger partial charge in [-0.15, -0.1) is 0 Å². The Hall–Kier alpha value is -1.58. The van der Waals surface area contributed by atoms with Crippen molar-refractivity contribution in [3.05, 3.63) is 33.7 Å². The number of ether oxygens (including phenoxy) is 1. The summed E-state index contributed by atoms with van der Waals surface area (Å²) >= 11 is 0. The van der Waals surface area contributed by atoms with Crippen molar-refractivity contribution in [2.24, 2.45) is 0 Å². The third-order valence-electron chi connectivity index (χ3n) is 1.52. The maximum Gasteiger partial charge on any atom is 0.339 e. The van der Waals surface area contributed by atoms with Gasteiger partial charge in [-0.05, 0) is 13.0 Å². The molecular weight excluding hydrogens is 158 g/mol. The molecule has 0 spiro atoms. The first-order valence-electron chi connectivity index (χ1n) is 3.43. The molecule has 0 bridgehead atoms. The van der Waals surface area contributed by atoms with Crippen LogP contribution in [0, 0.1) is 6.92 Å². The van der Waals surface area contributed by atoms with E-state index in [4.69, 9.17) is 0 Å². The van der Waals surface area contributed by atoms with Crippen LogP contribution in [0.1, 0.15) is 16.1 Å². The Morgan fingerprint density at radius 2 is 2.17 bits per heavy atom. The van der Waals surface area contributed by atoms with Gasteiger partial charge >= 0.3 is 5.97 Å².